The molecule has 0 bridgehead atoms. The monoisotopic (exact) mass is 533 g/mol. The first-order valence-electron chi connectivity index (χ1n) is 9.64. The van der Waals surface area contributed by atoms with E-state index in [1.54, 1.807) is 6.07 Å². The third-order valence-corrected chi connectivity index (χ3v) is 6.34. The van der Waals surface area contributed by atoms with Crippen LogP contribution >= 0.6 is 27.5 Å². The molecule has 1 amide bonds. The number of hydrogen-bond donors (Lipinski definition) is 0. The Morgan fingerprint density at radius 2 is 1.91 bits per heavy atom. The minimum Gasteiger partial charge on any atom is -0.335 e. The summed E-state index contributed by atoms with van der Waals surface area (Å²) in [6.07, 6.45) is -4.66. The first kappa shape index (κ1) is 22.9. The zero-order valence-electron chi connectivity index (χ0n) is 16.8. The van der Waals surface area contributed by atoms with Crippen LogP contribution in [0.25, 0.3) is 5.65 Å². The lowest BCUT2D eigenvalue weighted by molar-refractivity contribution is -0.142. The number of rotatable bonds is 3. The lowest BCUT2D eigenvalue weighted by atomic mass is 10.1. The van der Waals surface area contributed by atoms with Gasteiger partial charge in [-0.25, -0.2) is 13.9 Å². The molecule has 0 unspecified atom stereocenters. The van der Waals surface area contributed by atoms with Crippen molar-refractivity contribution in [3.63, 3.8) is 0 Å². The number of benzene rings is 1. The number of piperazine rings is 1. The number of aromatic nitrogens is 3. The summed E-state index contributed by atoms with van der Waals surface area (Å²) in [5.41, 5.74) is -0.679. The van der Waals surface area contributed by atoms with Crippen LogP contribution in [0.15, 0.2) is 28.7 Å². The summed E-state index contributed by atoms with van der Waals surface area (Å²) in [5, 5.41) is 4.25. The van der Waals surface area contributed by atoms with Gasteiger partial charge in [0.25, 0.3) is 5.91 Å². The number of carbonyl (C=O) groups is 1. The number of fused-ring (bicyclic) bond motifs is 1. The van der Waals surface area contributed by atoms with Crippen molar-refractivity contribution in [2.45, 2.75) is 19.6 Å². The Bertz CT molecular complexity index is 1170. The zero-order valence-corrected chi connectivity index (χ0v) is 19.1. The SMILES string of the molecule is Cc1cc(C(F)(F)F)n2nc(C(=O)N3CCN(Cc4c(F)cccc4Cl)CC3)c(Br)c2n1. The van der Waals surface area contributed by atoms with Gasteiger partial charge in [-0.2, -0.15) is 18.3 Å². The first-order valence-corrected chi connectivity index (χ1v) is 10.8. The fourth-order valence-electron chi connectivity index (χ4n) is 3.62. The zero-order chi connectivity index (χ0) is 23.2. The predicted molar refractivity (Wildman–Crippen MR) is 113 cm³/mol. The van der Waals surface area contributed by atoms with Crippen molar-refractivity contribution in [2.24, 2.45) is 0 Å². The molecule has 0 N–H and O–H groups in total. The fraction of sp³-hybridized carbons (Fsp3) is 0.350. The highest BCUT2D eigenvalue weighted by Crippen LogP contribution is 2.33. The number of alkyl halides is 3. The van der Waals surface area contributed by atoms with Crippen molar-refractivity contribution in [3.8, 4) is 0 Å². The van der Waals surface area contributed by atoms with Gasteiger partial charge in [-0.15, -0.1) is 0 Å². The smallest absolute Gasteiger partial charge is 0.335 e. The maximum absolute atomic E-state index is 14.0. The van der Waals surface area contributed by atoms with Crippen LogP contribution in [-0.2, 0) is 12.7 Å². The number of nitrogens with zero attached hydrogens (tertiary/aromatic N) is 5. The molecular formula is C20H17BrClF4N5O. The highest BCUT2D eigenvalue weighted by atomic mass is 79.9. The Morgan fingerprint density at radius 3 is 2.53 bits per heavy atom. The molecule has 6 nitrogen and oxygen atoms in total. The fourth-order valence-corrected chi connectivity index (χ4v) is 4.35. The van der Waals surface area contributed by atoms with Crippen LogP contribution in [0.5, 0.6) is 0 Å². The molecule has 32 heavy (non-hydrogen) atoms. The van der Waals surface area contributed by atoms with Crippen LogP contribution in [0.3, 0.4) is 0 Å². The van der Waals surface area contributed by atoms with E-state index in [1.165, 1.54) is 24.0 Å². The van der Waals surface area contributed by atoms with Gasteiger partial charge in [0, 0.05) is 49.0 Å². The van der Waals surface area contributed by atoms with Crippen LogP contribution in [-0.4, -0.2) is 56.5 Å². The molecule has 1 saturated heterocycles. The quantitative estimate of drug-likeness (QED) is 0.462. The summed E-state index contributed by atoms with van der Waals surface area (Å²) in [4.78, 5) is 20.6. The molecule has 0 saturated carbocycles. The number of amides is 1. The highest BCUT2D eigenvalue weighted by molar-refractivity contribution is 9.10. The summed E-state index contributed by atoms with van der Waals surface area (Å²) in [6, 6.07) is 5.37. The molecule has 1 aliphatic heterocycles. The molecule has 0 spiro atoms. The van der Waals surface area contributed by atoms with Gasteiger partial charge in [0.05, 0.1) is 4.47 Å². The predicted octanol–water partition coefficient (Wildman–Crippen LogP) is 4.57. The average Bonchev–Trinajstić information content (AvgIpc) is 3.06. The van der Waals surface area contributed by atoms with Gasteiger partial charge in [-0.3, -0.25) is 9.69 Å². The van der Waals surface area contributed by atoms with E-state index in [1.807, 2.05) is 4.90 Å². The molecule has 0 atom stereocenters. The maximum atomic E-state index is 14.0. The van der Waals surface area contributed by atoms with Crippen LogP contribution in [0.1, 0.15) is 27.4 Å². The molecule has 170 valence electrons. The first-order chi connectivity index (χ1) is 15.1. The second kappa shape index (κ2) is 8.60. The Labute approximate surface area is 193 Å². The Hall–Kier alpha value is -2.24. The molecule has 3 heterocycles. The van der Waals surface area contributed by atoms with Crippen LogP contribution in [0.2, 0.25) is 5.02 Å². The second-order valence-corrected chi connectivity index (χ2v) is 8.65. The average molecular weight is 535 g/mol. The molecular weight excluding hydrogens is 518 g/mol. The summed E-state index contributed by atoms with van der Waals surface area (Å²) < 4.78 is 55.1. The molecule has 0 aliphatic carbocycles. The minimum absolute atomic E-state index is 0.0755. The van der Waals surface area contributed by atoms with Gasteiger partial charge in [-0.05, 0) is 41.1 Å². The topological polar surface area (TPSA) is 53.7 Å². The summed E-state index contributed by atoms with van der Waals surface area (Å²) in [7, 11) is 0. The van der Waals surface area contributed by atoms with E-state index in [0.717, 1.165) is 6.07 Å². The lowest BCUT2D eigenvalue weighted by Crippen LogP contribution is -2.48. The molecule has 1 fully saturated rings. The highest BCUT2D eigenvalue weighted by Gasteiger charge is 2.37. The Balaban J connectivity index is 1.53. The molecule has 12 heteroatoms. The van der Waals surface area contributed by atoms with Crippen molar-refractivity contribution >= 4 is 39.1 Å². The van der Waals surface area contributed by atoms with Crippen molar-refractivity contribution in [1.29, 1.82) is 0 Å². The van der Waals surface area contributed by atoms with E-state index < -0.39 is 23.6 Å². The maximum Gasteiger partial charge on any atom is 0.433 e. The van der Waals surface area contributed by atoms with Gasteiger partial charge in [0.15, 0.2) is 11.3 Å². The molecule has 1 aliphatic rings. The molecule has 3 aromatic rings. The third kappa shape index (κ3) is 4.33. The summed E-state index contributed by atoms with van der Waals surface area (Å²) in [5.74, 6) is -0.898. The van der Waals surface area contributed by atoms with E-state index in [4.69, 9.17) is 11.6 Å². The Morgan fingerprint density at radius 1 is 1.22 bits per heavy atom. The summed E-state index contributed by atoms with van der Waals surface area (Å²) >= 11 is 9.29. The van der Waals surface area contributed by atoms with E-state index in [-0.39, 0.29) is 21.5 Å². The van der Waals surface area contributed by atoms with Gasteiger partial charge >= 0.3 is 6.18 Å². The van der Waals surface area contributed by atoms with Gasteiger partial charge < -0.3 is 4.90 Å². The van der Waals surface area contributed by atoms with Crippen molar-refractivity contribution in [1.82, 2.24) is 24.4 Å². The Kier molecular flexibility index (Phi) is 6.17. The molecule has 1 aromatic carbocycles. The standard InChI is InChI=1S/C20H17BrClF4N5O/c1-11-9-15(20(24,25)26)31-18(27-11)16(21)17(28-31)19(32)30-7-5-29(6-8-30)10-12-13(22)3-2-4-14(12)23/h2-4,9H,5-8,10H2,1H3. The number of hydrogen-bond acceptors (Lipinski definition) is 4. The lowest BCUT2D eigenvalue weighted by Gasteiger charge is -2.34. The largest absolute Gasteiger partial charge is 0.433 e. The van der Waals surface area contributed by atoms with Crippen molar-refractivity contribution < 1.29 is 22.4 Å². The van der Waals surface area contributed by atoms with Crippen molar-refractivity contribution in [2.75, 3.05) is 26.2 Å². The van der Waals surface area contributed by atoms with E-state index in [0.29, 0.717) is 47.8 Å². The number of aryl methyl sites for hydroxylation is 1. The van der Waals surface area contributed by atoms with Gasteiger partial charge in [-0.1, -0.05) is 17.7 Å². The molecule has 0 radical (unpaired) electrons. The number of halogens is 6. The minimum atomic E-state index is -4.66. The summed E-state index contributed by atoms with van der Waals surface area (Å²) in [6.45, 7) is 3.26. The van der Waals surface area contributed by atoms with Crippen LogP contribution in [0.4, 0.5) is 17.6 Å². The number of carbonyl (C=O) groups excluding carboxylic acids is 1. The second-order valence-electron chi connectivity index (χ2n) is 7.45. The van der Waals surface area contributed by atoms with Gasteiger partial charge in [0.1, 0.15) is 11.5 Å². The van der Waals surface area contributed by atoms with Crippen LogP contribution < -0.4 is 0 Å². The van der Waals surface area contributed by atoms with E-state index >= 15 is 0 Å². The van der Waals surface area contributed by atoms with Crippen molar-refractivity contribution in [3.05, 3.63) is 62.2 Å². The normalized spacial score (nSPS) is 15.5. The third-order valence-electron chi connectivity index (χ3n) is 5.26. The molecule has 4 rings (SSSR count). The van der Waals surface area contributed by atoms with E-state index in [2.05, 4.69) is 26.0 Å². The van der Waals surface area contributed by atoms with Gasteiger partial charge in [0.2, 0.25) is 0 Å². The molecule has 2 aromatic heterocycles. The van der Waals surface area contributed by atoms with Crippen LogP contribution in [0, 0.1) is 12.7 Å². The van der Waals surface area contributed by atoms with E-state index in [9.17, 15) is 22.4 Å².